The summed E-state index contributed by atoms with van der Waals surface area (Å²) in [5.41, 5.74) is 5.67. The van der Waals surface area contributed by atoms with Crippen molar-refractivity contribution in [3.05, 3.63) is 18.5 Å². The van der Waals surface area contributed by atoms with Gasteiger partial charge < -0.3 is 16.0 Å². The third-order valence-corrected chi connectivity index (χ3v) is 3.71. The van der Waals surface area contributed by atoms with Gasteiger partial charge in [0.05, 0.1) is 6.04 Å². The molecule has 3 N–H and O–H groups in total. The Labute approximate surface area is 162 Å². The van der Waals surface area contributed by atoms with Crippen LogP contribution in [0.3, 0.4) is 0 Å². The van der Waals surface area contributed by atoms with E-state index >= 15 is 0 Å². The molecule has 1 amide bonds. The van der Waals surface area contributed by atoms with Gasteiger partial charge in [0.25, 0.3) is 0 Å². The monoisotopic (exact) mass is 400 g/mol. The molecule has 1 saturated heterocycles. The van der Waals surface area contributed by atoms with Crippen molar-refractivity contribution < 1.29 is 4.79 Å². The summed E-state index contributed by atoms with van der Waals surface area (Å²) in [5, 5.41) is 2.88. The minimum Gasteiger partial charge on any atom is -0.353 e. The number of hydrogen-bond donors (Lipinski definition) is 2. The van der Waals surface area contributed by atoms with Crippen LogP contribution in [-0.4, -0.2) is 66.1 Å². The van der Waals surface area contributed by atoms with Crippen LogP contribution in [0.5, 0.6) is 0 Å². The quantitative estimate of drug-likeness (QED) is 0.730. The van der Waals surface area contributed by atoms with E-state index in [1.807, 2.05) is 13.0 Å². The molecular formula is C14H27Cl3N6O. The molecule has 2 rings (SSSR count). The standard InChI is InChI=1S/C14H24N6O.3ClH/c1-2-12(15)13(21)16-6-7-19-8-10-20(11-9-19)14-17-4-3-5-18-14;;;/h3-5,12H,2,6-11,15H2,1H3,(H,16,21);3*1H/t12-;;;/m0.../s1. The molecule has 2 heterocycles. The predicted octanol–water partition coefficient (Wildman–Crippen LogP) is 0.717. The number of nitrogens with zero attached hydrogens (tertiary/aromatic N) is 4. The molecule has 1 aromatic heterocycles. The number of halogens is 3. The molecule has 0 spiro atoms. The van der Waals surface area contributed by atoms with Crippen LogP contribution in [-0.2, 0) is 4.79 Å². The highest BCUT2D eigenvalue weighted by molar-refractivity contribution is 5.86. The summed E-state index contributed by atoms with van der Waals surface area (Å²) in [6.45, 7) is 7.13. The number of amides is 1. The number of rotatable bonds is 6. The van der Waals surface area contributed by atoms with E-state index in [1.54, 1.807) is 12.4 Å². The second-order valence-electron chi connectivity index (χ2n) is 5.18. The minimum absolute atomic E-state index is 0. The Morgan fingerprint density at radius 3 is 2.33 bits per heavy atom. The maximum absolute atomic E-state index is 11.6. The van der Waals surface area contributed by atoms with Gasteiger partial charge in [0.2, 0.25) is 11.9 Å². The summed E-state index contributed by atoms with van der Waals surface area (Å²) < 4.78 is 0. The Hall–Kier alpha value is -0.860. The van der Waals surface area contributed by atoms with Crippen LogP contribution < -0.4 is 16.0 Å². The van der Waals surface area contributed by atoms with Crippen molar-refractivity contribution in [2.75, 3.05) is 44.2 Å². The molecule has 1 aliphatic heterocycles. The van der Waals surface area contributed by atoms with E-state index in [4.69, 9.17) is 5.73 Å². The SMILES string of the molecule is CC[C@H](N)C(=O)NCCN1CCN(c2ncccn2)CC1.Cl.Cl.Cl. The zero-order valence-corrected chi connectivity index (χ0v) is 16.2. The van der Waals surface area contributed by atoms with Crippen molar-refractivity contribution in [1.29, 1.82) is 0 Å². The molecule has 0 aliphatic carbocycles. The van der Waals surface area contributed by atoms with Gasteiger partial charge in [-0.15, -0.1) is 37.2 Å². The van der Waals surface area contributed by atoms with E-state index in [2.05, 4.69) is 25.1 Å². The number of hydrogen-bond acceptors (Lipinski definition) is 6. The molecule has 1 fully saturated rings. The van der Waals surface area contributed by atoms with E-state index < -0.39 is 6.04 Å². The largest absolute Gasteiger partial charge is 0.353 e. The molecule has 140 valence electrons. The minimum atomic E-state index is -0.392. The predicted molar refractivity (Wildman–Crippen MR) is 104 cm³/mol. The smallest absolute Gasteiger partial charge is 0.236 e. The molecule has 7 nitrogen and oxygen atoms in total. The molecule has 0 unspecified atom stereocenters. The van der Waals surface area contributed by atoms with E-state index in [1.165, 1.54) is 0 Å². The van der Waals surface area contributed by atoms with Gasteiger partial charge in [0, 0.05) is 51.7 Å². The van der Waals surface area contributed by atoms with Gasteiger partial charge in [-0.3, -0.25) is 9.69 Å². The summed E-state index contributed by atoms with van der Waals surface area (Å²) in [6, 6.07) is 1.43. The molecule has 24 heavy (non-hydrogen) atoms. The third kappa shape index (κ3) is 7.81. The second-order valence-corrected chi connectivity index (χ2v) is 5.18. The van der Waals surface area contributed by atoms with Crippen LogP contribution in [0.4, 0.5) is 5.95 Å². The first-order valence-electron chi connectivity index (χ1n) is 7.48. The number of nitrogens with one attached hydrogen (secondary N) is 1. The van der Waals surface area contributed by atoms with Crippen LogP contribution in [0.2, 0.25) is 0 Å². The maximum atomic E-state index is 11.6. The number of piperazine rings is 1. The average Bonchev–Trinajstić information content (AvgIpc) is 2.55. The van der Waals surface area contributed by atoms with Gasteiger partial charge in [0.15, 0.2) is 0 Å². The summed E-state index contributed by atoms with van der Waals surface area (Å²) in [6.07, 6.45) is 4.20. The summed E-state index contributed by atoms with van der Waals surface area (Å²) in [4.78, 5) is 24.6. The van der Waals surface area contributed by atoms with Gasteiger partial charge in [-0.05, 0) is 12.5 Å². The number of aromatic nitrogens is 2. The van der Waals surface area contributed by atoms with Crippen molar-refractivity contribution in [3.8, 4) is 0 Å². The molecule has 1 aliphatic rings. The Balaban J connectivity index is 0. The van der Waals surface area contributed by atoms with Crippen LogP contribution in [0.25, 0.3) is 0 Å². The van der Waals surface area contributed by atoms with Gasteiger partial charge in [0.1, 0.15) is 0 Å². The highest BCUT2D eigenvalue weighted by Crippen LogP contribution is 2.08. The molecule has 0 saturated carbocycles. The maximum Gasteiger partial charge on any atom is 0.236 e. The van der Waals surface area contributed by atoms with E-state index in [9.17, 15) is 4.79 Å². The van der Waals surface area contributed by atoms with Crippen molar-refractivity contribution in [2.45, 2.75) is 19.4 Å². The molecule has 10 heteroatoms. The lowest BCUT2D eigenvalue weighted by molar-refractivity contribution is -0.122. The van der Waals surface area contributed by atoms with E-state index in [0.29, 0.717) is 13.0 Å². The van der Waals surface area contributed by atoms with Crippen LogP contribution in [0, 0.1) is 0 Å². The number of carbonyl (C=O) groups excluding carboxylic acids is 1. The number of nitrogens with two attached hydrogens (primary N) is 1. The topological polar surface area (TPSA) is 87.4 Å². The van der Waals surface area contributed by atoms with Crippen molar-refractivity contribution in [3.63, 3.8) is 0 Å². The molecular weight excluding hydrogens is 375 g/mol. The summed E-state index contributed by atoms with van der Waals surface area (Å²) in [5.74, 6) is 0.730. The van der Waals surface area contributed by atoms with Crippen LogP contribution >= 0.6 is 37.2 Å². The van der Waals surface area contributed by atoms with E-state index in [0.717, 1.165) is 38.7 Å². The lowest BCUT2D eigenvalue weighted by atomic mass is 10.2. The van der Waals surface area contributed by atoms with Crippen LogP contribution in [0.15, 0.2) is 18.5 Å². The zero-order valence-electron chi connectivity index (χ0n) is 13.8. The van der Waals surface area contributed by atoms with Gasteiger partial charge in [-0.2, -0.15) is 0 Å². The molecule has 1 aromatic rings. The van der Waals surface area contributed by atoms with E-state index in [-0.39, 0.29) is 43.1 Å². The fourth-order valence-corrected chi connectivity index (χ4v) is 2.28. The molecule has 0 bridgehead atoms. The average molecular weight is 402 g/mol. The first kappa shape index (κ1) is 25.4. The first-order chi connectivity index (χ1) is 10.2. The highest BCUT2D eigenvalue weighted by Gasteiger charge is 2.18. The Morgan fingerprint density at radius 1 is 1.21 bits per heavy atom. The molecule has 0 aromatic carbocycles. The van der Waals surface area contributed by atoms with Crippen molar-refractivity contribution >= 4 is 49.1 Å². The van der Waals surface area contributed by atoms with Crippen LogP contribution in [0.1, 0.15) is 13.3 Å². The third-order valence-electron chi connectivity index (χ3n) is 3.71. The Bertz CT molecular complexity index is 445. The summed E-state index contributed by atoms with van der Waals surface area (Å²) in [7, 11) is 0. The molecule has 1 atom stereocenters. The van der Waals surface area contributed by atoms with Gasteiger partial charge >= 0.3 is 0 Å². The second kappa shape index (κ2) is 13.4. The van der Waals surface area contributed by atoms with Gasteiger partial charge in [-0.25, -0.2) is 9.97 Å². The number of carbonyl (C=O) groups is 1. The number of anilines is 1. The van der Waals surface area contributed by atoms with Gasteiger partial charge in [-0.1, -0.05) is 6.92 Å². The summed E-state index contributed by atoms with van der Waals surface area (Å²) >= 11 is 0. The Kier molecular flexibility index (Phi) is 14.2. The Morgan fingerprint density at radius 2 is 1.79 bits per heavy atom. The first-order valence-corrected chi connectivity index (χ1v) is 7.48. The van der Waals surface area contributed by atoms with Crippen molar-refractivity contribution in [1.82, 2.24) is 20.2 Å². The fraction of sp³-hybridized carbons (Fsp3) is 0.643. The van der Waals surface area contributed by atoms with Crippen molar-refractivity contribution in [2.24, 2.45) is 5.73 Å². The zero-order chi connectivity index (χ0) is 15.1. The normalized spacial score (nSPS) is 15.3. The lowest BCUT2D eigenvalue weighted by Crippen LogP contribution is -2.50. The molecule has 0 radical (unpaired) electrons. The fourth-order valence-electron chi connectivity index (χ4n) is 2.28. The lowest BCUT2D eigenvalue weighted by Gasteiger charge is -2.34. The highest BCUT2D eigenvalue weighted by atomic mass is 35.5.